The minimum Gasteiger partial charge on any atom is -0.495 e. The van der Waals surface area contributed by atoms with Crippen molar-refractivity contribution in [2.24, 2.45) is 0 Å². The van der Waals surface area contributed by atoms with Gasteiger partial charge in [-0.25, -0.2) is 8.42 Å². The first-order valence-electron chi connectivity index (χ1n) is 11.0. The molecule has 0 fully saturated rings. The van der Waals surface area contributed by atoms with E-state index in [1.54, 1.807) is 24.3 Å². The third-order valence-electron chi connectivity index (χ3n) is 5.57. The summed E-state index contributed by atoms with van der Waals surface area (Å²) in [5.41, 5.74) is 3.24. The molecule has 0 aliphatic carbocycles. The van der Waals surface area contributed by atoms with Crippen LogP contribution in [0.1, 0.15) is 36.6 Å². The number of hydrogen-bond donors (Lipinski definition) is 1. The van der Waals surface area contributed by atoms with Gasteiger partial charge in [0.05, 0.1) is 23.7 Å². The van der Waals surface area contributed by atoms with E-state index in [0.717, 1.165) is 21.9 Å². The molecule has 0 unspecified atom stereocenters. The van der Waals surface area contributed by atoms with Crippen LogP contribution in [0.2, 0.25) is 5.02 Å². The fraction of sp³-hybridized carbons (Fsp3) is 0.269. The van der Waals surface area contributed by atoms with Gasteiger partial charge >= 0.3 is 0 Å². The van der Waals surface area contributed by atoms with Crippen LogP contribution in [0.25, 0.3) is 0 Å². The Morgan fingerprint density at radius 1 is 1.06 bits per heavy atom. The van der Waals surface area contributed by atoms with Crippen LogP contribution in [0, 0.1) is 6.92 Å². The molecule has 3 aromatic carbocycles. The van der Waals surface area contributed by atoms with E-state index in [0.29, 0.717) is 5.02 Å². The molecule has 8 heteroatoms. The second kappa shape index (κ2) is 10.9. The number of sulfonamides is 1. The van der Waals surface area contributed by atoms with Crippen LogP contribution in [0.3, 0.4) is 0 Å². The molecular formula is C26H29ClN2O4S. The van der Waals surface area contributed by atoms with Crippen LogP contribution in [-0.4, -0.2) is 28.0 Å². The molecule has 3 rings (SSSR count). The Hall–Kier alpha value is -3.03. The number of ether oxygens (including phenoxy) is 1. The Labute approximate surface area is 206 Å². The van der Waals surface area contributed by atoms with E-state index in [1.807, 2.05) is 38.1 Å². The van der Waals surface area contributed by atoms with Gasteiger partial charge in [-0.3, -0.25) is 9.10 Å². The summed E-state index contributed by atoms with van der Waals surface area (Å²) in [7, 11) is -2.65. The molecule has 0 bridgehead atoms. The molecule has 34 heavy (non-hydrogen) atoms. The minimum atomic E-state index is -4.09. The van der Waals surface area contributed by atoms with Crippen molar-refractivity contribution in [3.63, 3.8) is 0 Å². The topological polar surface area (TPSA) is 75.7 Å². The quantitative estimate of drug-likeness (QED) is 0.433. The lowest BCUT2D eigenvalue weighted by atomic mass is 10.1. The van der Waals surface area contributed by atoms with E-state index in [9.17, 15) is 13.2 Å². The monoisotopic (exact) mass is 500 g/mol. The first kappa shape index (κ1) is 25.6. The third kappa shape index (κ3) is 5.90. The molecule has 1 atom stereocenters. The number of carbonyl (C=O) groups excluding carboxylic acids is 1. The number of carbonyl (C=O) groups is 1. The number of benzene rings is 3. The number of methoxy groups -OCH3 is 1. The van der Waals surface area contributed by atoms with Crippen LogP contribution in [-0.2, 0) is 21.2 Å². The smallest absolute Gasteiger partial charge is 0.264 e. The molecule has 180 valence electrons. The van der Waals surface area contributed by atoms with Gasteiger partial charge in [-0.15, -0.1) is 0 Å². The number of nitrogens with zero attached hydrogens (tertiary/aromatic N) is 1. The summed E-state index contributed by atoms with van der Waals surface area (Å²) in [6, 6.07) is 18.8. The fourth-order valence-electron chi connectivity index (χ4n) is 3.54. The maximum atomic E-state index is 13.6. The lowest BCUT2D eigenvalue weighted by Crippen LogP contribution is -2.41. The highest BCUT2D eigenvalue weighted by Gasteiger charge is 2.30. The van der Waals surface area contributed by atoms with Crippen molar-refractivity contribution >= 4 is 33.2 Å². The Morgan fingerprint density at radius 2 is 1.71 bits per heavy atom. The van der Waals surface area contributed by atoms with Crippen molar-refractivity contribution in [2.75, 3.05) is 18.0 Å². The molecular weight excluding hydrogens is 472 g/mol. The van der Waals surface area contributed by atoms with E-state index in [1.165, 1.54) is 30.9 Å². The Bertz CT molecular complexity index is 1240. The molecule has 0 aliphatic heterocycles. The van der Waals surface area contributed by atoms with Crippen molar-refractivity contribution < 1.29 is 17.9 Å². The summed E-state index contributed by atoms with van der Waals surface area (Å²) in [6.07, 6.45) is 0.925. The maximum Gasteiger partial charge on any atom is 0.264 e. The van der Waals surface area contributed by atoms with E-state index >= 15 is 0 Å². The third-order valence-corrected chi connectivity index (χ3v) is 7.58. The normalized spacial score (nSPS) is 12.1. The molecule has 0 heterocycles. The van der Waals surface area contributed by atoms with Crippen LogP contribution in [0.4, 0.5) is 5.69 Å². The van der Waals surface area contributed by atoms with E-state index in [2.05, 4.69) is 12.2 Å². The van der Waals surface area contributed by atoms with Crippen molar-refractivity contribution in [3.8, 4) is 5.75 Å². The van der Waals surface area contributed by atoms with Gasteiger partial charge in [-0.05, 0) is 61.7 Å². The highest BCUT2D eigenvalue weighted by Crippen LogP contribution is 2.35. The van der Waals surface area contributed by atoms with Crippen molar-refractivity contribution in [3.05, 3.63) is 88.4 Å². The predicted octanol–water partition coefficient (Wildman–Crippen LogP) is 5.29. The minimum absolute atomic E-state index is 0.0659. The fourth-order valence-corrected chi connectivity index (χ4v) is 5.13. The van der Waals surface area contributed by atoms with Gasteiger partial charge in [-0.2, -0.15) is 0 Å². The van der Waals surface area contributed by atoms with Crippen LogP contribution in [0.15, 0.2) is 71.6 Å². The zero-order chi connectivity index (χ0) is 24.9. The van der Waals surface area contributed by atoms with E-state index < -0.39 is 22.5 Å². The molecule has 0 saturated carbocycles. The second-order valence-electron chi connectivity index (χ2n) is 8.03. The molecule has 0 radical (unpaired) electrons. The summed E-state index contributed by atoms with van der Waals surface area (Å²) < 4.78 is 33.7. The van der Waals surface area contributed by atoms with Crippen LogP contribution in [0.5, 0.6) is 5.75 Å². The zero-order valence-corrected chi connectivity index (χ0v) is 21.3. The van der Waals surface area contributed by atoms with Crippen molar-refractivity contribution in [1.82, 2.24) is 5.32 Å². The van der Waals surface area contributed by atoms with Gasteiger partial charge < -0.3 is 10.1 Å². The molecule has 6 nitrogen and oxygen atoms in total. The van der Waals surface area contributed by atoms with Crippen molar-refractivity contribution in [1.29, 1.82) is 0 Å². The number of nitrogens with one attached hydrogen (secondary N) is 1. The number of rotatable bonds is 9. The summed E-state index contributed by atoms with van der Waals surface area (Å²) in [6.45, 7) is 5.37. The Kier molecular flexibility index (Phi) is 8.23. The SMILES string of the molecule is CCc1ccc([C@H](C)NC(=O)CN(c2cc(Cl)ccc2OC)S(=O)(=O)c2ccc(C)cc2)cc1. The second-order valence-corrected chi connectivity index (χ2v) is 10.3. The first-order chi connectivity index (χ1) is 16.1. The highest BCUT2D eigenvalue weighted by atomic mass is 35.5. The van der Waals surface area contributed by atoms with E-state index in [-0.39, 0.29) is 22.4 Å². The summed E-state index contributed by atoms with van der Waals surface area (Å²) in [5, 5.41) is 3.22. The molecule has 0 saturated heterocycles. The number of halogens is 1. The predicted molar refractivity (Wildman–Crippen MR) is 136 cm³/mol. The van der Waals surface area contributed by atoms with Gasteiger partial charge in [0.1, 0.15) is 12.3 Å². The lowest BCUT2D eigenvalue weighted by molar-refractivity contribution is -0.120. The number of anilines is 1. The average molecular weight is 501 g/mol. The Balaban J connectivity index is 1.94. The van der Waals surface area contributed by atoms with Crippen molar-refractivity contribution in [2.45, 2.75) is 38.1 Å². The molecule has 0 aromatic heterocycles. The summed E-state index contributed by atoms with van der Waals surface area (Å²) in [5.74, 6) is -0.166. The van der Waals surface area contributed by atoms with Gasteiger partial charge in [-0.1, -0.05) is 60.5 Å². The molecule has 0 spiro atoms. The van der Waals surface area contributed by atoms with Gasteiger partial charge in [0.15, 0.2) is 0 Å². The molecule has 0 aliphatic rings. The summed E-state index contributed by atoms with van der Waals surface area (Å²) in [4.78, 5) is 13.1. The first-order valence-corrected chi connectivity index (χ1v) is 12.8. The number of hydrogen-bond acceptors (Lipinski definition) is 4. The number of aryl methyl sites for hydroxylation is 2. The van der Waals surface area contributed by atoms with Gasteiger partial charge in [0, 0.05) is 5.02 Å². The number of amides is 1. The van der Waals surface area contributed by atoms with Crippen LogP contribution < -0.4 is 14.4 Å². The average Bonchev–Trinajstić information content (AvgIpc) is 2.82. The Morgan fingerprint density at radius 3 is 2.29 bits per heavy atom. The molecule has 1 N–H and O–H groups in total. The maximum absolute atomic E-state index is 13.6. The largest absolute Gasteiger partial charge is 0.495 e. The standard InChI is InChI=1S/C26H29ClN2O4S/c1-5-20-8-10-21(11-9-20)19(3)28-26(30)17-29(24-16-22(27)12-15-25(24)33-4)34(31,32)23-13-6-18(2)7-14-23/h6-16,19H,5,17H2,1-4H3,(H,28,30)/t19-/m0/s1. The lowest BCUT2D eigenvalue weighted by Gasteiger charge is -2.26. The van der Waals surface area contributed by atoms with Crippen LogP contribution >= 0.6 is 11.6 Å². The molecule has 1 amide bonds. The van der Waals surface area contributed by atoms with Gasteiger partial charge in [0.2, 0.25) is 5.91 Å². The van der Waals surface area contributed by atoms with E-state index in [4.69, 9.17) is 16.3 Å². The van der Waals surface area contributed by atoms with Gasteiger partial charge in [0.25, 0.3) is 10.0 Å². The molecule has 3 aromatic rings. The highest BCUT2D eigenvalue weighted by molar-refractivity contribution is 7.92. The zero-order valence-electron chi connectivity index (χ0n) is 19.7. The summed E-state index contributed by atoms with van der Waals surface area (Å²) >= 11 is 6.18.